The SMILES string of the molecule is O=C(O)CN(Cc1ccccc1)C(=O)C(CNC(=O)OCC1c2ccccc2-c2ccccc21)c1ccccc1. The molecule has 4 aromatic carbocycles. The van der Waals surface area contributed by atoms with Gasteiger partial charge in [-0.1, -0.05) is 109 Å². The lowest BCUT2D eigenvalue weighted by Crippen LogP contribution is -2.42. The van der Waals surface area contributed by atoms with Gasteiger partial charge in [-0.25, -0.2) is 4.79 Å². The summed E-state index contributed by atoms with van der Waals surface area (Å²) >= 11 is 0. The van der Waals surface area contributed by atoms with Crippen molar-refractivity contribution in [3.8, 4) is 11.1 Å². The number of nitrogens with one attached hydrogen (secondary N) is 1. The van der Waals surface area contributed by atoms with E-state index in [4.69, 9.17) is 4.74 Å². The van der Waals surface area contributed by atoms with Gasteiger partial charge in [-0.2, -0.15) is 0 Å². The van der Waals surface area contributed by atoms with Gasteiger partial charge in [0.1, 0.15) is 13.2 Å². The smallest absolute Gasteiger partial charge is 0.407 e. The van der Waals surface area contributed by atoms with E-state index in [-0.39, 0.29) is 25.6 Å². The van der Waals surface area contributed by atoms with Crippen LogP contribution in [0.5, 0.6) is 0 Å². The molecule has 40 heavy (non-hydrogen) atoms. The van der Waals surface area contributed by atoms with Crippen molar-refractivity contribution in [3.63, 3.8) is 0 Å². The van der Waals surface area contributed by atoms with Crippen molar-refractivity contribution in [3.05, 3.63) is 131 Å². The molecule has 0 saturated carbocycles. The highest BCUT2D eigenvalue weighted by Gasteiger charge is 2.30. The van der Waals surface area contributed by atoms with Crippen molar-refractivity contribution >= 4 is 18.0 Å². The molecule has 1 aliphatic rings. The fraction of sp³-hybridized carbons (Fsp3) is 0.182. The Balaban J connectivity index is 1.28. The average molecular weight is 535 g/mol. The van der Waals surface area contributed by atoms with Gasteiger partial charge in [0.15, 0.2) is 0 Å². The minimum absolute atomic E-state index is 0.0373. The number of carboxylic acids is 1. The number of fused-ring (bicyclic) bond motifs is 3. The number of ether oxygens (including phenoxy) is 1. The van der Waals surface area contributed by atoms with E-state index in [0.29, 0.717) is 5.56 Å². The molecule has 4 aromatic rings. The lowest BCUT2D eigenvalue weighted by atomic mass is 9.97. The monoisotopic (exact) mass is 534 g/mol. The van der Waals surface area contributed by atoms with Crippen LogP contribution in [0.1, 0.15) is 34.1 Å². The molecule has 1 aliphatic carbocycles. The largest absolute Gasteiger partial charge is 0.480 e. The number of rotatable bonds is 10. The molecule has 5 rings (SSSR count). The van der Waals surface area contributed by atoms with Gasteiger partial charge >= 0.3 is 12.1 Å². The molecule has 202 valence electrons. The predicted molar refractivity (Wildman–Crippen MR) is 152 cm³/mol. The van der Waals surface area contributed by atoms with Crippen LogP contribution < -0.4 is 5.32 Å². The minimum Gasteiger partial charge on any atom is -0.480 e. The van der Waals surface area contributed by atoms with E-state index in [1.165, 1.54) is 4.90 Å². The van der Waals surface area contributed by atoms with Crippen LogP contribution in [-0.2, 0) is 20.9 Å². The zero-order chi connectivity index (χ0) is 27.9. The molecule has 0 bridgehead atoms. The number of benzene rings is 4. The van der Waals surface area contributed by atoms with Crippen molar-refractivity contribution in [2.45, 2.75) is 18.4 Å². The van der Waals surface area contributed by atoms with Crippen LogP contribution in [0.4, 0.5) is 4.79 Å². The standard InChI is InChI=1S/C33H30N2O5/c36-31(37)21-35(20-23-11-3-1-4-12-23)32(38)29(24-13-5-2-6-14-24)19-34-33(39)40-22-30-27-17-9-7-15-25(27)26-16-8-10-18-28(26)30/h1-18,29-30H,19-22H2,(H,34,39)(H,36,37). The second-order valence-electron chi connectivity index (χ2n) is 9.74. The number of aliphatic carboxylic acids is 1. The third kappa shape index (κ3) is 6.04. The van der Waals surface area contributed by atoms with Gasteiger partial charge in [-0.3, -0.25) is 9.59 Å². The summed E-state index contributed by atoms with van der Waals surface area (Å²) in [6.07, 6.45) is -0.636. The molecule has 0 aliphatic heterocycles. The van der Waals surface area contributed by atoms with Gasteiger partial charge in [0, 0.05) is 19.0 Å². The van der Waals surface area contributed by atoms with Crippen LogP contribution in [0.2, 0.25) is 0 Å². The van der Waals surface area contributed by atoms with Crippen molar-refractivity contribution in [1.82, 2.24) is 10.2 Å². The zero-order valence-corrected chi connectivity index (χ0v) is 21.9. The fourth-order valence-electron chi connectivity index (χ4n) is 5.27. The summed E-state index contributed by atoms with van der Waals surface area (Å²) in [6.45, 7) is -0.199. The van der Waals surface area contributed by atoms with Gasteiger partial charge in [0.05, 0.1) is 5.92 Å². The summed E-state index contributed by atoms with van der Waals surface area (Å²) in [4.78, 5) is 39.5. The number of carbonyl (C=O) groups excluding carboxylic acids is 2. The second kappa shape index (κ2) is 12.3. The summed E-state index contributed by atoms with van der Waals surface area (Å²) in [5.41, 5.74) is 5.99. The topological polar surface area (TPSA) is 95.9 Å². The highest BCUT2D eigenvalue weighted by atomic mass is 16.5. The van der Waals surface area contributed by atoms with Crippen molar-refractivity contribution in [2.75, 3.05) is 19.7 Å². The molecule has 0 radical (unpaired) electrons. The molecule has 7 nitrogen and oxygen atoms in total. The van der Waals surface area contributed by atoms with Gasteiger partial charge in [-0.05, 0) is 33.4 Å². The van der Waals surface area contributed by atoms with E-state index in [9.17, 15) is 19.5 Å². The van der Waals surface area contributed by atoms with E-state index in [1.807, 2.05) is 72.8 Å². The molecule has 2 amide bonds. The molecule has 0 saturated heterocycles. The molecule has 0 heterocycles. The number of carbonyl (C=O) groups is 3. The average Bonchev–Trinajstić information content (AvgIpc) is 3.30. The van der Waals surface area contributed by atoms with Crippen molar-refractivity contribution in [2.24, 2.45) is 0 Å². The van der Waals surface area contributed by atoms with Crippen LogP contribution in [0.25, 0.3) is 11.1 Å². The van der Waals surface area contributed by atoms with Crippen LogP contribution in [0, 0.1) is 0 Å². The van der Waals surface area contributed by atoms with Gasteiger partial charge < -0.3 is 20.1 Å². The number of alkyl carbamates (subject to hydrolysis) is 1. The number of carboxylic acid groups (broad SMARTS) is 1. The molecule has 2 N–H and O–H groups in total. The molecular weight excluding hydrogens is 504 g/mol. The summed E-state index contributed by atoms with van der Waals surface area (Å²) in [5.74, 6) is -2.37. The third-order valence-electron chi connectivity index (χ3n) is 7.15. The Morgan fingerprint density at radius 2 is 1.32 bits per heavy atom. The number of hydrogen-bond donors (Lipinski definition) is 2. The quantitative estimate of drug-likeness (QED) is 0.283. The second-order valence-corrected chi connectivity index (χ2v) is 9.74. The van der Waals surface area contributed by atoms with Crippen LogP contribution >= 0.6 is 0 Å². The number of hydrogen-bond acceptors (Lipinski definition) is 4. The van der Waals surface area contributed by atoms with Crippen molar-refractivity contribution < 1.29 is 24.2 Å². The number of amides is 2. The lowest BCUT2D eigenvalue weighted by molar-refractivity contribution is -0.145. The molecule has 0 spiro atoms. The lowest BCUT2D eigenvalue weighted by Gasteiger charge is -2.27. The van der Waals surface area contributed by atoms with E-state index in [2.05, 4.69) is 29.6 Å². The van der Waals surface area contributed by atoms with Gasteiger partial charge in [0.25, 0.3) is 0 Å². The first-order valence-electron chi connectivity index (χ1n) is 13.2. The minimum atomic E-state index is -1.11. The fourth-order valence-corrected chi connectivity index (χ4v) is 5.27. The molecular formula is C33H30N2O5. The summed E-state index contributed by atoms with van der Waals surface area (Å²) < 4.78 is 5.66. The number of nitrogens with zero attached hydrogens (tertiary/aromatic N) is 1. The first kappa shape index (κ1) is 26.7. The maximum absolute atomic E-state index is 13.7. The summed E-state index contributed by atoms with van der Waals surface area (Å²) in [7, 11) is 0. The Labute approximate surface area is 233 Å². The normalized spacial score (nSPS) is 12.6. The molecule has 1 unspecified atom stereocenters. The Hall–Kier alpha value is -4.91. The highest BCUT2D eigenvalue weighted by molar-refractivity contribution is 5.87. The highest BCUT2D eigenvalue weighted by Crippen LogP contribution is 2.44. The van der Waals surface area contributed by atoms with Crippen LogP contribution in [0.3, 0.4) is 0 Å². The van der Waals surface area contributed by atoms with Crippen LogP contribution in [0.15, 0.2) is 109 Å². The first-order chi connectivity index (χ1) is 19.5. The third-order valence-corrected chi connectivity index (χ3v) is 7.15. The van der Waals surface area contributed by atoms with E-state index in [1.54, 1.807) is 12.1 Å². The van der Waals surface area contributed by atoms with E-state index < -0.39 is 30.4 Å². The zero-order valence-electron chi connectivity index (χ0n) is 21.9. The summed E-state index contributed by atoms with van der Waals surface area (Å²) in [5, 5.41) is 12.3. The Bertz CT molecular complexity index is 1440. The summed E-state index contributed by atoms with van der Waals surface area (Å²) in [6, 6.07) is 34.5. The molecule has 0 aromatic heterocycles. The maximum atomic E-state index is 13.7. The predicted octanol–water partition coefficient (Wildman–Crippen LogP) is 5.42. The van der Waals surface area contributed by atoms with E-state index in [0.717, 1.165) is 27.8 Å². The van der Waals surface area contributed by atoms with E-state index >= 15 is 0 Å². The maximum Gasteiger partial charge on any atom is 0.407 e. The Morgan fingerprint density at radius 1 is 0.775 bits per heavy atom. The molecule has 0 fully saturated rings. The van der Waals surface area contributed by atoms with Gasteiger partial charge in [-0.15, -0.1) is 0 Å². The molecule has 1 atom stereocenters. The van der Waals surface area contributed by atoms with Gasteiger partial charge in [0.2, 0.25) is 5.91 Å². The molecule has 7 heteroatoms. The first-order valence-corrected chi connectivity index (χ1v) is 13.2. The Kier molecular flexibility index (Phi) is 8.21. The van der Waals surface area contributed by atoms with Crippen molar-refractivity contribution in [1.29, 1.82) is 0 Å². The van der Waals surface area contributed by atoms with Crippen LogP contribution in [-0.4, -0.2) is 47.7 Å². The Morgan fingerprint density at radius 3 is 1.93 bits per heavy atom.